The summed E-state index contributed by atoms with van der Waals surface area (Å²) in [5.41, 5.74) is 1.23. The van der Waals surface area contributed by atoms with Gasteiger partial charge in [-0.1, -0.05) is 29.3 Å². The largest absolute Gasteiger partial charge is 0.378 e. The highest BCUT2D eigenvalue weighted by Gasteiger charge is 2.24. The van der Waals surface area contributed by atoms with E-state index in [1.807, 2.05) is 6.26 Å². The van der Waals surface area contributed by atoms with Crippen molar-refractivity contribution in [2.75, 3.05) is 44.9 Å². The standard InChI is InChI=1S/C21H24Cl2N2O4S3/c1-30-20-6-5-15(13-16(20)21(26)25-8-10-29-11-9-25)32(27,28)24-7-12-31-14-17-18(22)3-2-4-19(17)23/h2-6,13,24H,7-12,14H2,1H3. The lowest BCUT2D eigenvalue weighted by atomic mass is 10.2. The van der Waals surface area contributed by atoms with Crippen molar-refractivity contribution in [3.05, 3.63) is 57.6 Å². The van der Waals surface area contributed by atoms with Crippen LogP contribution in [0.5, 0.6) is 0 Å². The summed E-state index contributed by atoms with van der Waals surface area (Å²) in [4.78, 5) is 15.5. The second-order valence-corrected chi connectivity index (χ2v) is 11.5. The third-order valence-corrected chi connectivity index (χ3v) is 8.80. The maximum absolute atomic E-state index is 13.0. The molecule has 0 saturated carbocycles. The molecule has 0 radical (unpaired) electrons. The Balaban J connectivity index is 1.62. The lowest BCUT2D eigenvalue weighted by molar-refractivity contribution is 0.0300. The first kappa shape index (κ1) is 25.7. The van der Waals surface area contributed by atoms with Gasteiger partial charge in [-0.25, -0.2) is 13.1 Å². The molecule has 0 atom stereocenters. The molecule has 0 bridgehead atoms. The highest BCUT2D eigenvalue weighted by molar-refractivity contribution is 7.98. The zero-order chi connectivity index (χ0) is 23.1. The Morgan fingerprint density at radius 1 is 1.16 bits per heavy atom. The quantitative estimate of drug-likeness (QED) is 0.379. The Morgan fingerprint density at radius 2 is 1.84 bits per heavy atom. The predicted octanol–water partition coefficient (Wildman–Crippen LogP) is 4.40. The summed E-state index contributed by atoms with van der Waals surface area (Å²) >= 11 is 15.3. The van der Waals surface area contributed by atoms with Crippen LogP contribution in [-0.2, 0) is 20.5 Å². The van der Waals surface area contributed by atoms with Crippen LogP contribution in [0.25, 0.3) is 0 Å². The van der Waals surface area contributed by atoms with E-state index in [0.29, 0.717) is 53.4 Å². The second-order valence-electron chi connectivity index (χ2n) is 6.92. The maximum atomic E-state index is 13.0. The van der Waals surface area contributed by atoms with Crippen molar-refractivity contribution in [2.45, 2.75) is 15.5 Å². The van der Waals surface area contributed by atoms with Gasteiger partial charge in [-0.05, 0) is 42.2 Å². The number of hydrogen-bond acceptors (Lipinski definition) is 6. The number of thioether (sulfide) groups is 2. The van der Waals surface area contributed by atoms with Gasteiger partial charge in [0, 0.05) is 46.1 Å². The molecule has 0 unspecified atom stereocenters. The van der Waals surface area contributed by atoms with Gasteiger partial charge in [0.2, 0.25) is 10.0 Å². The van der Waals surface area contributed by atoms with E-state index in [9.17, 15) is 13.2 Å². The number of sulfonamides is 1. The normalized spacial score (nSPS) is 14.5. The highest BCUT2D eigenvalue weighted by atomic mass is 35.5. The van der Waals surface area contributed by atoms with Crippen LogP contribution >= 0.6 is 46.7 Å². The summed E-state index contributed by atoms with van der Waals surface area (Å²) in [6.07, 6.45) is 1.86. The van der Waals surface area contributed by atoms with Gasteiger partial charge >= 0.3 is 0 Å². The number of nitrogens with one attached hydrogen (secondary N) is 1. The van der Waals surface area contributed by atoms with Crippen LogP contribution in [0.2, 0.25) is 10.0 Å². The number of carbonyl (C=O) groups excluding carboxylic acids is 1. The molecule has 1 fully saturated rings. The van der Waals surface area contributed by atoms with Gasteiger partial charge in [0.1, 0.15) is 0 Å². The van der Waals surface area contributed by atoms with E-state index in [1.54, 1.807) is 29.2 Å². The first-order valence-corrected chi connectivity index (χ1v) is 14.5. The number of hydrogen-bond donors (Lipinski definition) is 1. The summed E-state index contributed by atoms with van der Waals surface area (Å²) in [7, 11) is -3.75. The molecule has 6 nitrogen and oxygen atoms in total. The monoisotopic (exact) mass is 534 g/mol. The van der Waals surface area contributed by atoms with Gasteiger partial charge in [-0.15, -0.1) is 11.8 Å². The summed E-state index contributed by atoms with van der Waals surface area (Å²) < 4.78 is 33.5. The minimum Gasteiger partial charge on any atom is -0.378 e. The van der Waals surface area contributed by atoms with Gasteiger partial charge < -0.3 is 9.64 Å². The van der Waals surface area contributed by atoms with Gasteiger partial charge in [0.25, 0.3) is 5.91 Å². The van der Waals surface area contributed by atoms with Gasteiger partial charge in [-0.2, -0.15) is 11.8 Å². The van der Waals surface area contributed by atoms with Crippen molar-refractivity contribution in [2.24, 2.45) is 0 Å². The Morgan fingerprint density at radius 3 is 2.50 bits per heavy atom. The van der Waals surface area contributed by atoms with Crippen LogP contribution in [0.1, 0.15) is 15.9 Å². The topological polar surface area (TPSA) is 75.7 Å². The van der Waals surface area contributed by atoms with Gasteiger partial charge in [0.15, 0.2) is 0 Å². The third kappa shape index (κ3) is 6.56. The highest BCUT2D eigenvalue weighted by Crippen LogP contribution is 2.28. The first-order valence-electron chi connectivity index (χ1n) is 9.89. The number of nitrogens with zero attached hydrogens (tertiary/aromatic N) is 1. The number of morpholine rings is 1. The fraction of sp³-hybridized carbons (Fsp3) is 0.381. The minimum atomic E-state index is -3.75. The summed E-state index contributed by atoms with van der Waals surface area (Å²) in [5.74, 6) is 0.950. The number of amides is 1. The molecule has 2 aromatic rings. The molecular formula is C21H24Cl2N2O4S3. The smallest absolute Gasteiger partial charge is 0.255 e. The van der Waals surface area contributed by atoms with E-state index in [2.05, 4.69) is 4.72 Å². The number of carbonyl (C=O) groups is 1. The van der Waals surface area contributed by atoms with Gasteiger partial charge in [0.05, 0.1) is 23.7 Å². The van der Waals surface area contributed by atoms with Crippen molar-refractivity contribution in [1.82, 2.24) is 9.62 Å². The van der Waals surface area contributed by atoms with Crippen LogP contribution in [0.4, 0.5) is 0 Å². The molecule has 32 heavy (non-hydrogen) atoms. The van der Waals surface area contributed by atoms with Crippen LogP contribution in [0.3, 0.4) is 0 Å². The van der Waals surface area contributed by atoms with Crippen LogP contribution in [-0.4, -0.2) is 64.1 Å². The maximum Gasteiger partial charge on any atom is 0.255 e. The molecule has 11 heteroatoms. The summed E-state index contributed by atoms with van der Waals surface area (Å²) in [5, 5.41) is 1.19. The van der Waals surface area contributed by atoms with Crippen molar-refractivity contribution >= 4 is 62.7 Å². The van der Waals surface area contributed by atoms with E-state index >= 15 is 0 Å². The Hall–Kier alpha value is -0.940. The SMILES string of the molecule is CSc1ccc(S(=O)(=O)NCCSCc2c(Cl)cccc2Cl)cc1C(=O)N1CCOCC1. The van der Waals surface area contributed by atoms with E-state index in [4.69, 9.17) is 27.9 Å². The molecule has 0 aliphatic carbocycles. The van der Waals surface area contributed by atoms with Crippen molar-refractivity contribution in [1.29, 1.82) is 0 Å². The fourth-order valence-corrected chi connectivity index (χ4v) is 6.49. The van der Waals surface area contributed by atoms with Crippen molar-refractivity contribution in [3.8, 4) is 0 Å². The van der Waals surface area contributed by atoms with E-state index < -0.39 is 10.0 Å². The third-order valence-electron chi connectivity index (χ3n) is 4.86. The number of benzene rings is 2. The molecule has 1 heterocycles. The lowest BCUT2D eigenvalue weighted by Crippen LogP contribution is -2.41. The number of rotatable bonds is 9. The zero-order valence-electron chi connectivity index (χ0n) is 17.5. The second kappa shape index (κ2) is 12.0. The Bertz CT molecular complexity index is 1040. The molecule has 3 rings (SSSR count). The number of ether oxygens (including phenoxy) is 1. The van der Waals surface area contributed by atoms with Crippen molar-refractivity contribution in [3.63, 3.8) is 0 Å². The Kier molecular flexibility index (Phi) is 9.60. The number of halogens is 2. The van der Waals surface area contributed by atoms with E-state index in [-0.39, 0.29) is 17.3 Å². The summed E-state index contributed by atoms with van der Waals surface area (Å²) in [6, 6.07) is 10.0. The van der Waals surface area contributed by atoms with Crippen LogP contribution in [0.15, 0.2) is 46.2 Å². The molecule has 1 aliphatic heterocycles. The molecular weight excluding hydrogens is 511 g/mol. The zero-order valence-corrected chi connectivity index (χ0v) is 21.4. The van der Waals surface area contributed by atoms with E-state index in [0.717, 1.165) is 10.5 Å². The van der Waals surface area contributed by atoms with Crippen LogP contribution in [0, 0.1) is 0 Å². The first-order chi connectivity index (χ1) is 15.3. The minimum absolute atomic E-state index is 0.0751. The predicted molar refractivity (Wildman–Crippen MR) is 133 cm³/mol. The fourth-order valence-electron chi connectivity index (χ4n) is 3.13. The Labute approximate surface area is 207 Å². The van der Waals surface area contributed by atoms with Crippen LogP contribution < -0.4 is 4.72 Å². The molecule has 1 aliphatic rings. The van der Waals surface area contributed by atoms with Crippen molar-refractivity contribution < 1.29 is 17.9 Å². The molecule has 0 aromatic heterocycles. The van der Waals surface area contributed by atoms with E-state index in [1.165, 1.54) is 35.7 Å². The lowest BCUT2D eigenvalue weighted by Gasteiger charge is -2.27. The molecule has 0 spiro atoms. The average molecular weight is 536 g/mol. The summed E-state index contributed by atoms with van der Waals surface area (Å²) in [6.45, 7) is 2.20. The molecule has 1 amide bonds. The molecule has 1 N–H and O–H groups in total. The molecule has 2 aromatic carbocycles. The molecule has 174 valence electrons. The van der Waals surface area contributed by atoms with Gasteiger partial charge in [-0.3, -0.25) is 4.79 Å². The average Bonchev–Trinajstić information content (AvgIpc) is 2.80. The molecule has 1 saturated heterocycles.